The normalized spacial score (nSPS) is 8.16. The molecule has 25 heavy (non-hydrogen) atoms. The standard InChI is InChI=1S/C15H11N3.C3H4.2C2H6/c1-3-10-16-12(6-1)14-8-5-9-15(18-14)13-7-2-4-11-17-13;1-3-2;2*1-2/h1-11H;1H,2H3;2*1-2H3. The Morgan fingerprint density at radius 1 is 0.640 bits per heavy atom. The molecule has 0 aromatic carbocycles. The van der Waals surface area contributed by atoms with Crippen molar-refractivity contribution in [3.05, 3.63) is 67.0 Å². The van der Waals surface area contributed by atoms with Gasteiger partial charge in [0.15, 0.2) is 0 Å². The topological polar surface area (TPSA) is 38.7 Å². The Labute approximate surface area is 152 Å². The third kappa shape index (κ3) is 7.90. The van der Waals surface area contributed by atoms with Gasteiger partial charge in [-0.25, -0.2) is 4.98 Å². The smallest absolute Gasteiger partial charge is 0.0894 e. The molecule has 3 nitrogen and oxygen atoms in total. The molecule has 0 atom stereocenters. The first-order valence-electron chi connectivity index (χ1n) is 8.52. The van der Waals surface area contributed by atoms with Gasteiger partial charge in [-0.2, -0.15) is 0 Å². The van der Waals surface area contributed by atoms with Crippen LogP contribution in [0.1, 0.15) is 34.6 Å². The highest BCUT2D eigenvalue weighted by molar-refractivity contribution is 5.61. The number of nitrogens with zero attached hydrogens (tertiary/aromatic N) is 3. The quantitative estimate of drug-likeness (QED) is 0.548. The van der Waals surface area contributed by atoms with E-state index in [0.717, 1.165) is 22.8 Å². The van der Waals surface area contributed by atoms with Crippen molar-refractivity contribution in [3.8, 4) is 35.1 Å². The zero-order chi connectivity index (χ0) is 18.9. The third-order valence-corrected chi connectivity index (χ3v) is 2.60. The first kappa shape index (κ1) is 22.0. The number of pyridine rings is 3. The molecule has 0 saturated carbocycles. The second kappa shape index (κ2) is 14.6. The van der Waals surface area contributed by atoms with Gasteiger partial charge in [0.05, 0.1) is 22.8 Å². The van der Waals surface area contributed by atoms with E-state index in [1.807, 2.05) is 82.3 Å². The van der Waals surface area contributed by atoms with Crippen LogP contribution in [0, 0.1) is 12.3 Å². The van der Waals surface area contributed by atoms with Crippen molar-refractivity contribution >= 4 is 0 Å². The van der Waals surface area contributed by atoms with Gasteiger partial charge in [0.1, 0.15) is 0 Å². The average molecular weight is 333 g/mol. The van der Waals surface area contributed by atoms with Gasteiger partial charge in [-0.3, -0.25) is 9.97 Å². The molecule has 3 heterocycles. The number of hydrogen-bond acceptors (Lipinski definition) is 3. The summed E-state index contributed by atoms with van der Waals surface area (Å²) in [5, 5.41) is 0. The fraction of sp³-hybridized carbons (Fsp3) is 0.227. The summed E-state index contributed by atoms with van der Waals surface area (Å²) >= 11 is 0. The molecule has 3 heteroatoms. The summed E-state index contributed by atoms with van der Waals surface area (Å²) in [6.45, 7) is 9.65. The van der Waals surface area contributed by atoms with Gasteiger partial charge in [0.25, 0.3) is 0 Å². The minimum absolute atomic E-state index is 0.860. The molecule has 0 bridgehead atoms. The fourth-order valence-electron chi connectivity index (χ4n) is 1.75. The molecular formula is C22H27N3. The lowest BCUT2D eigenvalue weighted by Crippen LogP contribution is -1.90. The molecule has 0 fully saturated rings. The highest BCUT2D eigenvalue weighted by atomic mass is 14.8. The van der Waals surface area contributed by atoms with Gasteiger partial charge < -0.3 is 0 Å². The molecule has 0 saturated heterocycles. The molecule has 0 amide bonds. The van der Waals surface area contributed by atoms with Crippen LogP contribution in [-0.4, -0.2) is 15.0 Å². The van der Waals surface area contributed by atoms with Crippen LogP contribution in [0.15, 0.2) is 67.0 Å². The third-order valence-electron chi connectivity index (χ3n) is 2.60. The SMILES string of the molecule is C#CC.CC.CC.c1ccc(-c2cccc(-c3ccccn3)n2)nc1. The number of hydrogen-bond donors (Lipinski definition) is 0. The molecule has 130 valence electrons. The molecule has 0 unspecified atom stereocenters. The first-order valence-corrected chi connectivity index (χ1v) is 8.52. The lowest BCUT2D eigenvalue weighted by Gasteiger charge is -2.03. The predicted octanol–water partition coefficient (Wildman–Crippen LogP) is 5.90. The summed E-state index contributed by atoms with van der Waals surface area (Å²) in [5.74, 6) is 2.25. The Morgan fingerprint density at radius 3 is 1.32 bits per heavy atom. The maximum atomic E-state index is 4.60. The van der Waals surface area contributed by atoms with Crippen LogP contribution < -0.4 is 0 Å². The van der Waals surface area contributed by atoms with E-state index in [0.29, 0.717) is 0 Å². The highest BCUT2D eigenvalue weighted by Crippen LogP contribution is 2.19. The lowest BCUT2D eigenvalue weighted by molar-refractivity contribution is 1.22. The maximum absolute atomic E-state index is 4.60. The van der Waals surface area contributed by atoms with E-state index in [1.165, 1.54) is 0 Å². The number of terminal acetylenes is 1. The average Bonchev–Trinajstić information content (AvgIpc) is 2.73. The van der Waals surface area contributed by atoms with E-state index < -0.39 is 0 Å². The van der Waals surface area contributed by atoms with Crippen molar-refractivity contribution in [3.63, 3.8) is 0 Å². The van der Waals surface area contributed by atoms with E-state index in [4.69, 9.17) is 0 Å². The van der Waals surface area contributed by atoms with Crippen LogP contribution in [0.2, 0.25) is 0 Å². The minimum atomic E-state index is 0.860. The molecular weight excluding hydrogens is 306 g/mol. The van der Waals surface area contributed by atoms with Crippen molar-refractivity contribution in [2.75, 3.05) is 0 Å². The van der Waals surface area contributed by atoms with Gasteiger partial charge in [-0.15, -0.1) is 12.3 Å². The Bertz CT molecular complexity index is 662. The van der Waals surface area contributed by atoms with Crippen LogP contribution in [0.5, 0.6) is 0 Å². The van der Waals surface area contributed by atoms with E-state index in [9.17, 15) is 0 Å². The Kier molecular flexibility index (Phi) is 12.8. The molecule has 0 aliphatic heterocycles. The molecule has 0 N–H and O–H groups in total. The summed E-state index contributed by atoms with van der Waals surface area (Å²) in [5.41, 5.74) is 3.46. The molecule has 3 rings (SSSR count). The molecule has 0 spiro atoms. The van der Waals surface area contributed by atoms with Crippen molar-refractivity contribution in [2.24, 2.45) is 0 Å². The summed E-state index contributed by atoms with van der Waals surface area (Å²) in [4.78, 5) is 13.2. The van der Waals surface area contributed by atoms with Gasteiger partial charge in [0.2, 0.25) is 0 Å². The van der Waals surface area contributed by atoms with Crippen LogP contribution in [0.4, 0.5) is 0 Å². The highest BCUT2D eigenvalue weighted by Gasteiger charge is 2.03. The number of rotatable bonds is 2. The second-order valence-electron chi connectivity index (χ2n) is 4.13. The Balaban J connectivity index is 0.000000728. The predicted molar refractivity (Wildman–Crippen MR) is 108 cm³/mol. The van der Waals surface area contributed by atoms with E-state index in [2.05, 4.69) is 27.3 Å². The van der Waals surface area contributed by atoms with E-state index in [1.54, 1.807) is 19.3 Å². The minimum Gasteiger partial charge on any atom is -0.255 e. The second-order valence-corrected chi connectivity index (χ2v) is 4.13. The lowest BCUT2D eigenvalue weighted by atomic mass is 10.2. The van der Waals surface area contributed by atoms with Crippen LogP contribution >= 0.6 is 0 Å². The van der Waals surface area contributed by atoms with E-state index in [-0.39, 0.29) is 0 Å². The van der Waals surface area contributed by atoms with Crippen LogP contribution in [0.25, 0.3) is 22.8 Å². The fourth-order valence-corrected chi connectivity index (χ4v) is 1.75. The summed E-state index contributed by atoms with van der Waals surface area (Å²) in [6, 6.07) is 17.5. The van der Waals surface area contributed by atoms with Crippen molar-refractivity contribution in [1.82, 2.24) is 15.0 Å². The summed E-state index contributed by atoms with van der Waals surface area (Å²) in [7, 11) is 0. The van der Waals surface area contributed by atoms with Gasteiger partial charge in [-0.05, 0) is 43.3 Å². The molecule has 0 radical (unpaired) electrons. The zero-order valence-electron chi connectivity index (χ0n) is 15.8. The monoisotopic (exact) mass is 333 g/mol. The summed E-state index contributed by atoms with van der Waals surface area (Å²) < 4.78 is 0. The van der Waals surface area contributed by atoms with Crippen LogP contribution in [0.3, 0.4) is 0 Å². The molecule has 0 aliphatic carbocycles. The van der Waals surface area contributed by atoms with Crippen molar-refractivity contribution in [2.45, 2.75) is 34.6 Å². The zero-order valence-corrected chi connectivity index (χ0v) is 15.8. The maximum Gasteiger partial charge on any atom is 0.0894 e. The first-order chi connectivity index (χ1) is 12.3. The van der Waals surface area contributed by atoms with E-state index >= 15 is 0 Å². The van der Waals surface area contributed by atoms with Gasteiger partial charge >= 0.3 is 0 Å². The van der Waals surface area contributed by atoms with Crippen molar-refractivity contribution in [1.29, 1.82) is 0 Å². The van der Waals surface area contributed by atoms with Crippen molar-refractivity contribution < 1.29 is 0 Å². The van der Waals surface area contributed by atoms with Gasteiger partial charge in [0, 0.05) is 12.4 Å². The van der Waals surface area contributed by atoms with Crippen LogP contribution in [-0.2, 0) is 0 Å². The Morgan fingerprint density at radius 2 is 1.00 bits per heavy atom. The molecule has 3 aromatic rings. The Hall–Kier alpha value is -2.99. The molecule has 3 aromatic heterocycles. The largest absolute Gasteiger partial charge is 0.255 e. The molecule has 0 aliphatic rings. The number of aromatic nitrogens is 3. The summed E-state index contributed by atoms with van der Waals surface area (Å²) in [6.07, 6.45) is 8.13. The van der Waals surface area contributed by atoms with Gasteiger partial charge in [-0.1, -0.05) is 45.9 Å².